The summed E-state index contributed by atoms with van der Waals surface area (Å²) in [6.07, 6.45) is 7.56. The van der Waals surface area contributed by atoms with Crippen LogP contribution in [0.3, 0.4) is 0 Å². The van der Waals surface area contributed by atoms with Crippen LogP contribution in [-0.2, 0) is 13.0 Å². The Morgan fingerprint density at radius 3 is 2.71 bits per heavy atom. The summed E-state index contributed by atoms with van der Waals surface area (Å²) in [5.41, 5.74) is 0. The second kappa shape index (κ2) is 7.49. The van der Waals surface area contributed by atoms with Crippen LogP contribution in [0.15, 0.2) is 12.4 Å². The van der Waals surface area contributed by atoms with Crippen molar-refractivity contribution in [3.05, 3.63) is 18.2 Å². The van der Waals surface area contributed by atoms with E-state index in [1.54, 1.807) is 0 Å². The Bertz CT molecular complexity index is 306. The maximum atomic E-state index is 4.47. The average Bonchev–Trinajstić information content (AvgIpc) is 2.76. The molecule has 0 aliphatic carbocycles. The summed E-state index contributed by atoms with van der Waals surface area (Å²) < 4.78 is 2.24. The predicted molar refractivity (Wildman–Crippen MR) is 73.1 cm³/mol. The molecule has 0 spiro atoms. The number of likely N-dealkylation sites (N-methyl/N-ethyl adjacent to an activating group) is 1. The lowest BCUT2D eigenvalue weighted by Crippen LogP contribution is -2.37. The minimum Gasteiger partial charge on any atom is -0.335 e. The molecular formula is C14H27N3. The van der Waals surface area contributed by atoms with Crippen LogP contribution in [0.2, 0.25) is 0 Å². The van der Waals surface area contributed by atoms with Gasteiger partial charge < -0.3 is 9.88 Å². The number of hydrogen-bond donors (Lipinski definition) is 1. The fourth-order valence-electron chi connectivity index (χ4n) is 2.41. The van der Waals surface area contributed by atoms with Gasteiger partial charge in [0.25, 0.3) is 0 Å². The zero-order valence-electron chi connectivity index (χ0n) is 11.7. The van der Waals surface area contributed by atoms with Crippen molar-refractivity contribution in [2.24, 2.45) is 5.92 Å². The topological polar surface area (TPSA) is 29.9 Å². The third-order valence-electron chi connectivity index (χ3n) is 3.44. The maximum absolute atomic E-state index is 4.47. The minimum absolute atomic E-state index is 0.549. The molecule has 0 aliphatic rings. The number of hydrogen-bond acceptors (Lipinski definition) is 2. The number of aromatic nitrogens is 2. The average molecular weight is 237 g/mol. The van der Waals surface area contributed by atoms with E-state index in [9.17, 15) is 0 Å². The van der Waals surface area contributed by atoms with Crippen LogP contribution in [0, 0.1) is 5.92 Å². The van der Waals surface area contributed by atoms with E-state index < -0.39 is 0 Å². The van der Waals surface area contributed by atoms with Crippen LogP contribution in [0.4, 0.5) is 0 Å². The first kappa shape index (κ1) is 14.2. The molecule has 1 aromatic rings. The van der Waals surface area contributed by atoms with E-state index in [0.29, 0.717) is 12.0 Å². The van der Waals surface area contributed by atoms with E-state index >= 15 is 0 Å². The zero-order chi connectivity index (χ0) is 12.7. The van der Waals surface area contributed by atoms with E-state index in [4.69, 9.17) is 0 Å². The molecule has 0 bridgehead atoms. The van der Waals surface area contributed by atoms with Crippen molar-refractivity contribution >= 4 is 0 Å². The predicted octanol–water partition coefficient (Wildman–Crippen LogP) is 2.86. The highest BCUT2D eigenvalue weighted by atomic mass is 15.1. The van der Waals surface area contributed by atoms with Crippen LogP contribution < -0.4 is 5.32 Å². The van der Waals surface area contributed by atoms with Crippen LogP contribution >= 0.6 is 0 Å². The van der Waals surface area contributed by atoms with Gasteiger partial charge in [-0.1, -0.05) is 27.2 Å². The molecule has 0 saturated heterocycles. The molecular weight excluding hydrogens is 210 g/mol. The van der Waals surface area contributed by atoms with E-state index in [2.05, 4.69) is 48.8 Å². The summed E-state index contributed by atoms with van der Waals surface area (Å²) in [5.74, 6) is 1.92. The molecule has 98 valence electrons. The second-order valence-electron chi connectivity index (χ2n) is 4.76. The fraction of sp³-hybridized carbons (Fsp3) is 0.786. The summed E-state index contributed by atoms with van der Waals surface area (Å²) in [7, 11) is 0. The number of nitrogens with zero attached hydrogens (tertiary/aromatic N) is 2. The first-order valence-electron chi connectivity index (χ1n) is 6.96. The molecule has 0 amide bonds. The summed E-state index contributed by atoms with van der Waals surface area (Å²) in [6.45, 7) is 11.0. The smallest absolute Gasteiger partial charge is 0.110 e. The summed E-state index contributed by atoms with van der Waals surface area (Å²) in [5, 5.41) is 3.60. The highest BCUT2D eigenvalue weighted by Crippen LogP contribution is 2.14. The van der Waals surface area contributed by atoms with Gasteiger partial charge in [-0.15, -0.1) is 0 Å². The van der Waals surface area contributed by atoms with Gasteiger partial charge in [0.05, 0.1) is 0 Å². The monoisotopic (exact) mass is 237 g/mol. The molecule has 0 radical (unpaired) electrons. The number of nitrogens with one attached hydrogen (secondary N) is 1. The van der Waals surface area contributed by atoms with Crippen molar-refractivity contribution in [2.45, 2.75) is 59.5 Å². The van der Waals surface area contributed by atoms with E-state index in [1.807, 2.05) is 6.20 Å². The molecule has 1 rings (SSSR count). The molecule has 1 aromatic heterocycles. The molecule has 0 fully saturated rings. The lowest BCUT2D eigenvalue weighted by molar-refractivity contribution is 0.350. The Morgan fingerprint density at radius 2 is 2.12 bits per heavy atom. The van der Waals surface area contributed by atoms with Gasteiger partial charge in [0, 0.05) is 31.4 Å². The van der Waals surface area contributed by atoms with Gasteiger partial charge in [-0.25, -0.2) is 4.98 Å². The fourth-order valence-corrected chi connectivity index (χ4v) is 2.41. The standard InChI is InChI=1S/C14H27N3/c1-5-8-12(4)13(15-6-2)11-14-16-9-10-17(14)7-3/h9-10,12-13,15H,5-8,11H2,1-4H3. The largest absolute Gasteiger partial charge is 0.335 e. The third-order valence-corrected chi connectivity index (χ3v) is 3.44. The van der Waals surface area contributed by atoms with Gasteiger partial charge in [-0.2, -0.15) is 0 Å². The molecule has 17 heavy (non-hydrogen) atoms. The normalized spacial score (nSPS) is 14.8. The van der Waals surface area contributed by atoms with Gasteiger partial charge in [-0.3, -0.25) is 0 Å². The van der Waals surface area contributed by atoms with Crippen molar-refractivity contribution in [3.8, 4) is 0 Å². The summed E-state index contributed by atoms with van der Waals surface area (Å²) in [4.78, 5) is 4.47. The van der Waals surface area contributed by atoms with Crippen molar-refractivity contribution in [3.63, 3.8) is 0 Å². The van der Waals surface area contributed by atoms with Gasteiger partial charge in [0.1, 0.15) is 5.82 Å². The summed E-state index contributed by atoms with van der Waals surface area (Å²) in [6, 6.07) is 0.549. The quantitative estimate of drug-likeness (QED) is 0.753. The zero-order valence-corrected chi connectivity index (χ0v) is 11.7. The Kier molecular flexibility index (Phi) is 6.27. The maximum Gasteiger partial charge on any atom is 0.110 e. The minimum atomic E-state index is 0.549. The Morgan fingerprint density at radius 1 is 1.35 bits per heavy atom. The molecule has 3 heteroatoms. The molecule has 0 aromatic carbocycles. The number of aryl methyl sites for hydroxylation is 1. The Hall–Kier alpha value is -0.830. The molecule has 2 atom stereocenters. The Labute approximate surface area is 106 Å². The van der Waals surface area contributed by atoms with Gasteiger partial charge >= 0.3 is 0 Å². The van der Waals surface area contributed by atoms with Crippen LogP contribution in [0.5, 0.6) is 0 Å². The molecule has 1 N–H and O–H groups in total. The highest BCUT2D eigenvalue weighted by molar-refractivity contribution is 4.96. The number of rotatable bonds is 8. The van der Waals surface area contributed by atoms with Gasteiger partial charge in [-0.05, 0) is 25.8 Å². The number of imidazole rings is 1. The molecule has 3 nitrogen and oxygen atoms in total. The highest BCUT2D eigenvalue weighted by Gasteiger charge is 2.18. The van der Waals surface area contributed by atoms with Crippen molar-refractivity contribution in [1.82, 2.24) is 14.9 Å². The summed E-state index contributed by atoms with van der Waals surface area (Å²) >= 11 is 0. The van der Waals surface area contributed by atoms with E-state index in [1.165, 1.54) is 18.7 Å². The lowest BCUT2D eigenvalue weighted by Gasteiger charge is -2.24. The van der Waals surface area contributed by atoms with Gasteiger partial charge in [0.2, 0.25) is 0 Å². The second-order valence-corrected chi connectivity index (χ2v) is 4.76. The first-order valence-corrected chi connectivity index (χ1v) is 6.96. The van der Waals surface area contributed by atoms with Crippen LogP contribution in [0.1, 0.15) is 46.4 Å². The van der Waals surface area contributed by atoms with Crippen LogP contribution in [0.25, 0.3) is 0 Å². The lowest BCUT2D eigenvalue weighted by atomic mass is 9.94. The van der Waals surface area contributed by atoms with E-state index in [0.717, 1.165) is 19.5 Å². The molecule has 0 saturated carbocycles. The molecule has 0 aliphatic heterocycles. The van der Waals surface area contributed by atoms with E-state index in [-0.39, 0.29) is 0 Å². The molecule has 2 unspecified atom stereocenters. The Balaban J connectivity index is 2.65. The third kappa shape index (κ3) is 4.15. The first-order chi connectivity index (χ1) is 8.22. The van der Waals surface area contributed by atoms with Gasteiger partial charge in [0.15, 0.2) is 0 Å². The van der Waals surface area contributed by atoms with Crippen molar-refractivity contribution in [2.75, 3.05) is 6.54 Å². The molecule has 1 heterocycles. The van der Waals surface area contributed by atoms with Crippen LogP contribution in [-0.4, -0.2) is 22.1 Å². The SMILES string of the molecule is CCCC(C)C(Cc1nccn1CC)NCC. The van der Waals surface area contributed by atoms with Crippen molar-refractivity contribution in [1.29, 1.82) is 0 Å². The van der Waals surface area contributed by atoms with Crippen molar-refractivity contribution < 1.29 is 0 Å².